The number of carbonyl (C=O) groups is 1. The standard InChI is InChI=1S/C13H26N2O3/c1-10-9-11(3-4-12(10)14)13(16)15-5-6-18-8-7-17-2/h10-12H,3-9,14H2,1-2H3,(H,15,16). The number of nitrogens with one attached hydrogen (secondary N) is 1. The highest BCUT2D eigenvalue weighted by molar-refractivity contribution is 5.78. The Bertz CT molecular complexity index is 248. The molecule has 0 aliphatic heterocycles. The van der Waals surface area contributed by atoms with Crippen LogP contribution in [0.2, 0.25) is 0 Å². The third-order valence-corrected chi connectivity index (χ3v) is 3.58. The lowest BCUT2D eigenvalue weighted by atomic mass is 9.79. The van der Waals surface area contributed by atoms with Gasteiger partial charge in [-0.25, -0.2) is 0 Å². The Labute approximate surface area is 109 Å². The third-order valence-electron chi connectivity index (χ3n) is 3.58. The Balaban J connectivity index is 2.09. The van der Waals surface area contributed by atoms with Crippen LogP contribution in [0.4, 0.5) is 0 Å². The van der Waals surface area contributed by atoms with Crippen molar-refractivity contribution in [2.24, 2.45) is 17.6 Å². The SMILES string of the molecule is COCCOCCNC(=O)C1CCC(N)C(C)C1. The summed E-state index contributed by atoms with van der Waals surface area (Å²) in [7, 11) is 1.64. The molecule has 0 aromatic heterocycles. The zero-order valence-electron chi connectivity index (χ0n) is 11.5. The van der Waals surface area contributed by atoms with E-state index < -0.39 is 0 Å². The predicted molar refractivity (Wildman–Crippen MR) is 70.2 cm³/mol. The van der Waals surface area contributed by atoms with Crippen molar-refractivity contribution in [1.82, 2.24) is 5.32 Å². The van der Waals surface area contributed by atoms with E-state index in [-0.39, 0.29) is 17.9 Å². The maximum atomic E-state index is 11.9. The zero-order chi connectivity index (χ0) is 13.4. The molecule has 106 valence electrons. The number of nitrogens with two attached hydrogens (primary N) is 1. The number of ether oxygens (including phenoxy) is 2. The average Bonchev–Trinajstić information content (AvgIpc) is 2.36. The molecule has 3 atom stereocenters. The number of rotatable bonds is 7. The monoisotopic (exact) mass is 258 g/mol. The second kappa shape index (κ2) is 8.45. The van der Waals surface area contributed by atoms with E-state index in [1.165, 1.54) is 0 Å². The lowest BCUT2D eigenvalue weighted by Gasteiger charge is -2.31. The number of carbonyl (C=O) groups excluding carboxylic acids is 1. The quantitative estimate of drug-likeness (QED) is 0.653. The van der Waals surface area contributed by atoms with E-state index in [0.717, 1.165) is 19.3 Å². The van der Waals surface area contributed by atoms with Gasteiger partial charge < -0.3 is 20.5 Å². The van der Waals surface area contributed by atoms with Crippen LogP contribution in [-0.2, 0) is 14.3 Å². The number of methoxy groups -OCH3 is 1. The second-order valence-electron chi connectivity index (χ2n) is 5.05. The molecule has 3 N–H and O–H groups in total. The van der Waals surface area contributed by atoms with Crippen molar-refractivity contribution in [3.63, 3.8) is 0 Å². The molecule has 1 fully saturated rings. The summed E-state index contributed by atoms with van der Waals surface area (Å²) in [6, 6.07) is 0.256. The van der Waals surface area contributed by atoms with Crippen LogP contribution in [0.3, 0.4) is 0 Å². The molecule has 0 radical (unpaired) electrons. The lowest BCUT2D eigenvalue weighted by molar-refractivity contribution is -0.126. The van der Waals surface area contributed by atoms with Crippen molar-refractivity contribution in [2.75, 3.05) is 33.5 Å². The summed E-state index contributed by atoms with van der Waals surface area (Å²) in [6.07, 6.45) is 2.75. The molecule has 0 bridgehead atoms. The van der Waals surface area contributed by atoms with Crippen LogP contribution >= 0.6 is 0 Å². The van der Waals surface area contributed by atoms with Gasteiger partial charge >= 0.3 is 0 Å². The van der Waals surface area contributed by atoms with E-state index in [1.807, 2.05) is 0 Å². The third kappa shape index (κ3) is 5.33. The summed E-state index contributed by atoms with van der Waals surface area (Å²) in [4.78, 5) is 11.9. The number of amides is 1. The smallest absolute Gasteiger partial charge is 0.223 e. The van der Waals surface area contributed by atoms with Crippen LogP contribution in [0.25, 0.3) is 0 Å². The van der Waals surface area contributed by atoms with Crippen LogP contribution in [0, 0.1) is 11.8 Å². The van der Waals surface area contributed by atoms with Gasteiger partial charge in [0.1, 0.15) is 0 Å². The molecule has 5 nitrogen and oxygen atoms in total. The van der Waals surface area contributed by atoms with Crippen LogP contribution < -0.4 is 11.1 Å². The molecule has 0 saturated heterocycles. The first-order valence-corrected chi connectivity index (χ1v) is 6.75. The van der Waals surface area contributed by atoms with Crippen molar-refractivity contribution in [3.8, 4) is 0 Å². The normalized spacial score (nSPS) is 28.1. The van der Waals surface area contributed by atoms with Crippen LogP contribution in [0.1, 0.15) is 26.2 Å². The molecule has 1 aliphatic carbocycles. The van der Waals surface area contributed by atoms with E-state index in [0.29, 0.717) is 32.3 Å². The van der Waals surface area contributed by atoms with Gasteiger partial charge in [0.15, 0.2) is 0 Å². The molecular weight excluding hydrogens is 232 g/mol. The predicted octanol–water partition coefficient (Wildman–Crippen LogP) is 0.529. The van der Waals surface area contributed by atoms with Gasteiger partial charge in [-0.15, -0.1) is 0 Å². The van der Waals surface area contributed by atoms with Gasteiger partial charge in [-0.2, -0.15) is 0 Å². The van der Waals surface area contributed by atoms with Gasteiger partial charge in [0.25, 0.3) is 0 Å². The topological polar surface area (TPSA) is 73.6 Å². The Morgan fingerprint density at radius 2 is 2.11 bits per heavy atom. The zero-order valence-corrected chi connectivity index (χ0v) is 11.5. The van der Waals surface area contributed by atoms with Gasteiger partial charge in [-0.3, -0.25) is 4.79 Å². The summed E-state index contributed by atoms with van der Waals surface area (Å²) in [5.74, 6) is 0.704. The summed E-state index contributed by atoms with van der Waals surface area (Å²) < 4.78 is 10.2. The molecule has 1 rings (SSSR count). The van der Waals surface area contributed by atoms with E-state index >= 15 is 0 Å². The minimum absolute atomic E-state index is 0.124. The maximum absolute atomic E-state index is 11.9. The number of hydrogen-bond acceptors (Lipinski definition) is 4. The van der Waals surface area contributed by atoms with Crippen molar-refractivity contribution in [3.05, 3.63) is 0 Å². The maximum Gasteiger partial charge on any atom is 0.223 e. The first-order chi connectivity index (χ1) is 8.65. The Hall–Kier alpha value is -0.650. The minimum atomic E-state index is 0.124. The second-order valence-corrected chi connectivity index (χ2v) is 5.05. The highest BCUT2D eigenvalue weighted by Gasteiger charge is 2.29. The summed E-state index contributed by atoms with van der Waals surface area (Å²) in [5.41, 5.74) is 5.95. The average molecular weight is 258 g/mol. The molecule has 1 amide bonds. The summed E-state index contributed by atoms with van der Waals surface area (Å²) in [6.45, 7) is 4.39. The minimum Gasteiger partial charge on any atom is -0.382 e. The van der Waals surface area contributed by atoms with Gasteiger partial charge in [-0.05, 0) is 25.2 Å². The molecule has 1 saturated carbocycles. The van der Waals surface area contributed by atoms with Crippen molar-refractivity contribution in [1.29, 1.82) is 0 Å². The Morgan fingerprint density at radius 3 is 2.78 bits per heavy atom. The molecule has 18 heavy (non-hydrogen) atoms. The first-order valence-electron chi connectivity index (χ1n) is 6.75. The Morgan fingerprint density at radius 1 is 1.33 bits per heavy atom. The fourth-order valence-corrected chi connectivity index (χ4v) is 2.29. The largest absolute Gasteiger partial charge is 0.382 e. The summed E-state index contributed by atoms with van der Waals surface area (Å²) in [5, 5.41) is 2.92. The van der Waals surface area contributed by atoms with Crippen molar-refractivity contribution < 1.29 is 14.3 Å². The molecule has 1 aliphatic rings. The molecule has 0 spiro atoms. The highest BCUT2D eigenvalue weighted by atomic mass is 16.5. The molecular formula is C13H26N2O3. The van der Waals surface area contributed by atoms with Gasteiger partial charge in [0, 0.05) is 25.6 Å². The van der Waals surface area contributed by atoms with E-state index in [9.17, 15) is 4.79 Å². The molecule has 0 aromatic carbocycles. The van der Waals surface area contributed by atoms with Crippen LogP contribution in [0.15, 0.2) is 0 Å². The molecule has 3 unspecified atom stereocenters. The van der Waals surface area contributed by atoms with Crippen molar-refractivity contribution in [2.45, 2.75) is 32.2 Å². The van der Waals surface area contributed by atoms with E-state index in [1.54, 1.807) is 7.11 Å². The lowest BCUT2D eigenvalue weighted by Crippen LogP contribution is -2.41. The molecule has 0 aromatic rings. The molecule has 5 heteroatoms. The molecule has 0 heterocycles. The van der Waals surface area contributed by atoms with Gasteiger partial charge in [0.05, 0.1) is 19.8 Å². The van der Waals surface area contributed by atoms with E-state index in [2.05, 4.69) is 12.2 Å². The fourth-order valence-electron chi connectivity index (χ4n) is 2.29. The van der Waals surface area contributed by atoms with Gasteiger partial charge in [-0.1, -0.05) is 6.92 Å². The Kier molecular flexibility index (Phi) is 7.23. The van der Waals surface area contributed by atoms with Crippen LogP contribution in [-0.4, -0.2) is 45.4 Å². The van der Waals surface area contributed by atoms with E-state index in [4.69, 9.17) is 15.2 Å². The number of hydrogen-bond donors (Lipinski definition) is 2. The van der Waals surface area contributed by atoms with Crippen LogP contribution in [0.5, 0.6) is 0 Å². The highest BCUT2D eigenvalue weighted by Crippen LogP contribution is 2.27. The summed E-state index contributed by atoms with van der Waals surface area (Å²) >= 11 is 0. The fraction of sp³-hybridized carbons (Fsp3) is 0.923. The first kappa shape index (κ1) is 15.4. The van der Waals surface area contributed by atoms with Gasteiger partial charge in [0.2, 0.25) is 5.91 Å². The van der Waals surface area contributed by atoms with Crippen molar-refractivity contribution >= 4 is 5.91 Å².